The van der Waals surface area contributed by atoms with E-state index in [1.165, 1.54) is 0 Å². The van der Waals surface area contributed by atoms with Crippen molar-refractivity contribution in [3.63, 3.8) is 0 Å². The van der Waals surface area contributed by atoms with Gasteiger partial charge in [-0.25, -0.2) is 0 Å². The van der Waals surface area contributed by atoms with Crippen LogP contribution in [0.2, 0.25) is 0 Å². The third kappa shape index (κ3) is 1.86. The number of methoxy groups -OCH3 is 1. The van der Waals surface area contributed by atoms with Crippen LogP contribution >= 0.6 is 0 Å². The van der Waals surface area contributed by atoms with Gasteiger partial charge in [0, 0.05) is 18.7 Å². The highest BCUT2D eigenvalue weighted by Gasteiger charge is 2.06. The third-order valence-electron chi connectivity index (χ3n) is 2.50. The number of nitrogens with two attached hydrogens (primary N) is 1. The summed E-state index contributed by atoms with van der Waals surface area (Å²) in [6.45, 7) is 2.03. The lowest BCUT2D eigenvalue weighted by molar-refractivity contribution is 0.414. The van der Waals surface area contributed by atoms with Gasteiger partial charge in [-0.1, -0.05) is 0 Å². The number of aromatic nitrogens is 2. The number of rotatable bonds is 2. The molecule has 0 fully saturated rings. The van der Waals surface area contributed by atoms with E-state index in [1.54, 1.807) is 11.8 Å². The molecule has 0 aliphatic carbocycles. The summed E-state index contributed by atoms with van der Waals surface area (Å²) in [5.74, 6) is 1.48. The highest BCUT2D eigenvalue weighted by molar-refractivity contribution is 5.65. The average molecular weight is 217 g/mol. The Morgan fingerprint density at radius 1 is 1.25 bits per heavy atom. The normalized spacial score (nSPS) is 10.4. The molecule has 4 heteroatoms. The number of benzene rings is 1. The molecule has 0 spiro atoms. The summed E-state index contributed by atoms with van der Waals surface area (Å²) in [6, 6.07) is 7.85. The lowest BCUT2D eigenvalue weighted by atomic mass is 10.1. The summed E-state index contributed by atoms with van der Waals surface area (Å²) in [5, 5.41) is 4.33. The fourth-order valence-electron chi connectivity index (χ4n) is 1.64. The molecule has 1 aromatic heterocycles. The van der Waals surface area contributed by atoms with Crippen LogP contribution in [0.4, 0.5) is 5.82 Å². The molecule has 0 unspecified atom stereocenters. The van der Waals surface area contributed by atoms with E-state index in [-0.39, 0.29) is 0 Å². The molecule has 0 amide bonds. The van der Waals surface area contributed by atoms with Crippen molar-refractivity contribution < 1.29 is 4.74 Å². The second-order valence-corrected chi connectivity index (χ2v) is 3.82. The van der Waals surface area contributed by atoms with E-state index < -0.39 is 0 Å². The third-order valence-corrected chi connectivity index (χ3v) is 2.50. The predicted octanol–water partition coefficient (Wildman–Crippen LogP) is 1.99. The van der Waals surface area contributed by atoms with E-state index in [0.717, 1.165) is 22.6 Å². The molecule has 16 heavy (non-hydrogen) atoms. The second kappa shape index (κ2) is 3.89. The Labute approximate surface area is 94.6 Å². The SMILES string of the molecule is COc1cc(C)cc(-c2cc(N)n(C)n2)c1. The maximum atomic E-state index is 5.76. The van der Waals surface area contributed by atoms with Crippen molar-refractivity contribution in [2.75, 3.05) is 12.8 Å². The van der Waals surface area contributed by atoms with Crippen LogP contribution in [0.5, 0.6) is 5.75 Å². The fraction of sp³-hybridized carbons (Fsp3) is 0.250. The summed E-state index contributed by atoms with van der Waals surface area (Å²) in [7, 11) is 3.48. The van der Waals surface area contributed by atoms with Crippen LogP contribution in [0.3, 0.4) is 0 Å². The molecule has 2 aromatic rings. The molecule has 4 nitrogen and oxygen atoms in total. The molecule has 1 heterocycles. The summed E-state index contributed by atoms with van der Waals surface area (Å²) < 4.78 is 6.89. The van der Waals surface area contributed by atoms with Crippen molar-refractivity contribution >= 4 is 5.82 Å². The Kier molecular flexibility index (Phi) is 2.56. The van der Waals surface area contributed by atoms with E-state index in [0.29, 0.717) is 5.82 Å². The zero-order valence-electron chi connectivity index (χ0n) is 9.69. The van der Waals surface area contributed by atoms with Crippen LogP contribution in [0.25, 0.3) is 11.3 Å². The zero-order valence-corrected chi connectivity index (χ0v) is 9.69. The smallest absolute Gasteiger partial charge is 0.121 e. The van der Waals surface area contributed by atoms with Gasteiger partial charge in [-0.15, -0.1) is 0 Å². The molecule has 0 radical (unpaired) electrons. The van der Waals surface area contributed by atoms with Gasteiger partial charge in [-0.3, -0.25) is 4.68 Å². The van der Waals surface area contributed by atoms with Gasteiger partial charge in [0.15, 0.2) is 0 Å². The van der Waals surface area contributed by atoms with E-state index in [9.17, 15) is 0 Å². The summed E-state index contributed by atoms with van der Waals surface area (Å²) in [4.78, 5) is 0. The average Bonchev–Trinajstić information content (AvgIpc) is 2.58. The first kappa shape index (κ1) is 10.5. The Morgan fingerprint density at radius 3 is 2.56 bits per heavy atom. The van der Waals surface area contributed by atoms with Crippen LogP contribution < -0.4 is 10.5 Å². The molecule has 2 rings (SSSR count). The largest absolute Gasteiger partial charge is 0.497 e. The van der Waals surface area contributed by atoms with Gasteiger partial charge < -0.3 is 10.5 Å². The molecule has 1 aromatic carbocycles. The van der Waals surface area contributed by atoms with Gasteiger partial charge in [0.2, 0.25) is 0 Å². The standard InChI is InChI=1S/C12H15N3O/c1-8-4-9(6-10(5-8)16-3)11-7-12(13)15(2)14-11/h4-7H,13H2,1-3H3. The number of anilines is 1. The molecule has 0 saturated heterocycles. The van der Waals surface area contributed by atoms with Crippen molar-refractivity contribution in [2.24, 2.45) is 7.05 Å². The van der Waals surface area contributed by atoms with Gasteiger partial charge in [-0.05, 0) is 30.7 Å². The first-order valence-corrected chi connectivity index (χ1v) is 5.05. The molecule has 0 aliphatic heterocycles. The predicted molar refractivity (Wildman–Crippen MR) is 64.3 cm³/mol. The minimum absolute atomic E-state index is 0.649. The number of aryl methyl sites for hydroxylation is 2. The molecule has 0 aliphatic rings. The number of nitrogens with zero attached hydrogens (tertiary/aromatic N) is 2. The number of nitrogen functional groups attached to an aromatic ring is 1. The van der Waals surface area contributed by atoms with Crippen LogP contribution in [0.1, 0.15) is 5.56 Å². The van der Waals surface area contributed by atoms with E-state index in [4.69, 9.17) is 10.5 Å². The van der Waals surface area contributed by atoms with Gasteiger partial charge in [0.1, 0.15) is 11.6 Å². The summed E-state index contributed by atoms with van der Waals surface area (Å²) in [6.07, 6.45) is 0. The van der Waals surface area contributed by atoms with Crippen molar-refractivity contribution in [3.8, 4) is 17.0 Å². The maximum Gasteiger partial charge on any atom is 0.121 e. The Balaban J connectivity index is 2.50. The van der Waals surface area contributed by atoms with Crippen molar-refractivity contribution in [1.82, 2.24) is 9.78 Å². The molecular formula is C12H15N3O. The molecule has 0 saturated carbocycles. The van der Waals surface area contributed by atoms with E-state index >= 15 is 0 Å². The number of hydrogen-bond acceptors (Lipinski definition) is 3. The van der Waals surface area contributed by atoms with E-state index in [1.807, 2.05) is 32.2 Å². The van der Waals surface area contributed by atoms with Crippen LogP contribution in [0.15, 0.2) is 24.3 Å². The minimum atomic E-state index is 0.649. The Morgan fingerprint density at radius 2 is 2.00 bits per heavy atom. The zero-order chi connectivity index (χ0) is 11.7. The lowest BCUT2D eigenvalue weighted by Crippen LogP contribution is -1.96. The van der Waals surface area contributed by atoms with Crippen molar-refractivity contribution in [1.29, 1.82) is 0 Å². The number of hydrogen-bond donors (Lipinski definition) is 1. The van der Waals surface area contributed by atoms with Gasteiger partial charge in [0.05, 0.1) is 12.8 Å². The monoisotopic (exact) mass is 217 g/mol. The first-order valence-electron chi connectivity index (χ1n) is 5.05. The van der Waals surface area contributed by atoms with Crippen molar-refractivity contribution in [3.05, 3.63) is 29.8 Å². The topological polar surface area (TPSA) is 53.1 Å². The van der Waals surface area contributed by atoms with E-state index in [2.05, 4.69) is 11.2 Å². The van der Waals surface area contributed by atoms with Crippen LogP contribution in [0, 0.1) is 6.92 Å². The molecule has 2 N–H and O–H groups in total. The first-order chi connectivity index (χ1) is 7.60. The molecule has 0 bridgehead atoms. The molecule has 84 valence electrons. The minimum Gasteiger partial charge on any atom is -0.497 e. The Hall–Kier alpha value is -1.97. The molecule has 0 atom stereocenters. The summed E-state index contributed by atoms with van der Waals surface area (Å²) >= 11 is 0. The van der Waals surface area contributed by atoms with Gasteiger partial charge in [-0.2, -0.15) is 5.10 Å². The van der Waals surface area contributed by atoms with Crippen LogP contribution in [-0.4, -0.2) is 16.9 Å². The molecular weight excluding hydrogens is 202 g/mol. The quantitative estimate of drug-likeness (QED) is 0.836. The highest BCUT2D eigenvalue weighted by atomic mass is 16.5. The lowest BCUT2D eigenvalue weighted by Gasteiger charge is -2.04. The second-order valence-electron chi connectivity index (χ2n) is 3.82. The highest BCUT2D eigenvalue weighted by Crippen LogP contribution is 2.25. The van der Waals surface area contributed by atoms with Gasteiger partial charge >= 0.3 is 0 Å². The van der Waals surface area contributed by atoms with Crippen molar-refractivity contribution in [2.45, 2.75) is 6.92 Å². The Bertz CT molecular complexity index is 497. The van der Waals surface area contributed by atoms with Gasteiger partial charge in [0.25, 0.3) is 0 Å². The summed E-state index contributed by atoms with van der Waals surface area (Å²) in [5.41, 5.74) is 8.77. The maximum absolute atomic E-state index is 5.76. The fourth-order valence-corrected chi connectivity index (χ4v) is 1.64. The number of ether oxygens (including phenoxy) is 1. The van der Waals surface area contributed by atoms with Crippen LogP contribution in [-0.2, 0) is 7.05 Å².